The van der Waals surface area contributed by atoms with Crippen LogP contribution in [0.1, 0.15) is 34.1 Å². The first-order chi connectivity index (χ1) is 16.2. The summed E-state index contributed by atoms with van der Waals surface area (Å²) in [6.45, 7) is 5.64. The maximum Gasteiger partial charge on any atom is 0.345 e. The minimum absolute atomic E-state index is 0.203. The Morgan fingerprint density at radius 1 is 1.18 bits per heavy atom. The molecular weight excluding hydrogens is 462 g/mol. The molecule has 0 saturated heterocycles. The number of aryl methyl sites for hydroxylation is 2. The van der Waals surface area contributed by atoms with Gasteiger partial charge >= 0.3 is 5.97 Å². The van der Waals surface area contributed by atoms with Crippen LogP contribution in [0.4, 0.5) is 16.5 Å². The Bertz CT molecular complexity index is 1290. The third-order valence-corrected chi connectivity index (χ3v) is 5.94. The lowest BCUT2D eigenvalue weighted by atomic mass is 10.1. The van der Waals surface area contributed by atoms with Gasteiger partial charge < -0.3 is 14.2 Å². The molecule has 4 rings (SSSR count). The number of nitro benzene ring substituents is 1. The lowest BCUT2D eigenvalue weighted by Crippen LogP contribution is -2.23. The van der Waals surface area contributed by atoms with Crippen molar-refractivity contribution in [1.29, 1.82) is 0 Å². The van der Waals surface area contributed by atoms with Crippen molar-refractivity contribution in [1.82, 2.24) is 4.98 Å². The van der Waals surface area contributed by atoms with Crippen molar-refractivity contribution < 1.29 is 28.7 Å². The van der Waals surface area contributed by atoms with Gasteiger partial charge in [0.1, 0.15) is 25.4 Å². The predicted molar refractivity (Wildman–Crippen MR) is 124 cm³/mol. The molecule has 2 heterocycles. The number of benzene rings is 2. The van der Waals surface area contributed by atoms with Gasteiger partial charge in [-0.15, -0.1) is 11.3 Å². The third kappa shape index (κ3) is 4.69. The second-order valence-corrected chi connectivity index (χ2v) is 8.45. The largest absolute Gasteiger partial charge is 0.486 e. The van der Waals surface area contributed by atoms with E-state index in [0.29, 0.717) is 16.5 Å². The topological polar surface area (TPSA) is 121 Å². The molecule has 176 valence electrons. The molecule has 0 radical (unpaired) electrons. The molecule has 10 nitrogen and oxygen atoms in total. The van der Waals surface area contributed by atoms with E-state index in [0.717, 1.165) is 17.2 Å². The van der Waals surface area contributed by atoms with Crippen LogP contribution < -0.4 is 14.4 Å². The van der Waals surface area contributed by atoms with Crippen LogP contribution in [-0.4, -0.2) is 35.0 Å². The van der Waals surface area contributed by atoms with E-state index in [-0.39, 0.29) is 42.8 Å². The van der Waals surface area contributed by atoms with Crippen LogP contribution in [0, 0.1) is 24.0 Å². The summed E-state index contributed by atoms with van der Waals surface area (Å²) in [5, 5.41) is 13.6. The Hall–Kier alpha value is -3.99. The normalized spacial score (nSPS) is 12.2. The van der Waals surface area contributed by atoms with Crippen LogP contribution in [0.2, 0.25) is 0 Å². The summed E-state index contributed by atoms with van der Waals surface area (Å²) in [5.74, 6) is -0.660. The first-order valence-electron chi connectivity index (χ1n) is 10.3. The first-order valence-corrected chi connectivity index (χ1v) is 11.2. The third-order valence-electron chi connectivity index (χ3n) is 5.07. The maximum atomic E-state index is 12.7. The smallest absolute Gasteiger partial charge is 0.345 e. The second-order valence-electron chi connectivity index (χ2n) is 7.61. The van der Waals surface area contributed by atoms with E-state index in [1.807, 2.05) is 32.0 Å². The summed E-state index contributed by atoms with van der Waals surface area (Å²) in [6, 6.07) is 8.14. The zero-order valence-corrected chi connectivity index (χ0v) is 19.5. The average molecular weight is 484 g/mol. The number of carbonyl (C=O) groups excluding carboxylic acids is 2. The lowest BCUT2D eigenvalue weighted by molar-refractivity contribution is -0.385. The highest BCUT2D eigenvalue weighted by Gasteiger charge is 2.28. The fourth-order valence-corrected chi connectivity index (χ4v) is 4.40. The van der Waals surface area contributed by atoms with Crippen molar-refractivity contribution in [3.8, 4) is 11.5 Å². The fraction of sp³-hybridized carbons (Fsp3) is 0.261. The van der Waals surface area contributed by atoms with Gasteiger partial charge in [-0.25, -0.2) is 9.78 Å². The van der Waals surface area contributed by atoms with Gasteiger partial charge in [-0.1, -0.05) is 17.7 Å². The van der Waals surface area contributed by atoms with E-state index in [4.69, 9.17) is 14.2 Å². The lowest BCUT2D eigenvalue weighted by Gasteiger charge is -2.20. The van der Waals surface area contributed by atoms with Crippen molar-refractivity contribution in [2.45, 2.75) is 27.4 Å². The highest BCUT2D eigenvalue weighted by molar-refractivity contribution is 7.14. The molecule has 11 heteroatoms. The zero-order valence-electron chi connectivity index (χ0n) is 18.7. The van der Waals surface area contributed by atoms with Gasteiger partial charge in [0.05, 0.1) is 22.4 Å². The molecule has 0 aliphatic carbocycles. The Labute approximate surface area is 198 Å². The van der Waals surface area contributed by atoms with Crippen LogP contribution in [0.3, 0.4) is 0 Å². The van der Waals surface area contributed by atoms with Crippen LogP contribution in [0.5, 0.6) is 11.5 Å². The molecule has 0 saturated carbocycles. The Kier molecular flexibility index (Phi) is 6.46. The number of hydrogen-bond acceptors (Lipinski definition) is 9. The van der Waals surface area contributed by atoms with E-state index in [9.17, 15) is 19.7 Å². The molecule has 34 heavy (non-hydrogen) atoms. The monoisotopic (exact) mass is 483 g/mol. The summed E-state index contributed by atoms with van der Waals surface area (Å²) in [5.41, 5.74) is 2.43. The van der Waals surface area contributed by atoms with Crippen molar-refractivity contribution in [3.63, 3.8) is 0 Å². The van der Waals surface area contributed by atoms with Crippen molar-refractivity contribution >= 4 is 39.7 Å². The number of esters is 1. The van der Waals surface area contributed by atoms with Gasteiger partial charge in [0.25, 0.3) is 5.69 Å². The number of thiazole rings is 1. The van der Waals surface area contributed by atoms with Crippen LogP contribution >= 0.6 is 11.3 Å². The van der Waals surface area contributed by atoms with Gasteiger partial charge in [0.2, 0.25) is 5.91 Å². The number of aromatic nitrogens is 1. The fourth-order valence-electron chi connectivity index (χ4n) is 3.54. The number of ether oxygens (including phenoxy) is 3. The molecule has 0 unspecified atom stereocenters. The summed E-state index contributed by atoms with van der Waals surface area (Å²) in [7, 11) is 0. The number of nitro groups is 1. The van der Waals surface area contributed by atoms with E-state index >= 15 is 0 Å². The molecule has 1 aliphatic rings. The molecule has 0 atom stereocenters. The highest BCUT2D eigenvalue weighted by Crippen LogP contribution is 2.37. The van der Waals surface area contributed by atoms with Gasteiger partial charge in [-0.2, -0.15) is 0 Å². The molecule has 0 N–H and O–H groups in total. The molecule has 0 fully saturated rings. The number of hydrogen-bond donors (Lipinski definition) is 0. The van der Waals surface area contributed by atoms with Gasteiger partial charge in [0, 0.05) is 18.4 Å². The second kappa shape index (κ2) is 9.48. The Balaban J connectivity index is 1.53. The van der Waals surface area contributed by atoms with Gasteiger partial charge in [-0.3, -0.25) is 19.8 Å². The number of fused-ring (bicyclic) bond motifs is 1. The minimum Gasteiger partial charge on any atom is -0.486 e. The molecule has 1 amide bonds. The molecule has 3 aromatic rings. The predicted octanol–water partition coefficient (Wildman–Crippen LogP) is 4.48. The molecule has 0 bridgehead atoms. The van der Waals surface area contributed by atoms with Gasteiger partial charge in [-0.05, 0) is 25.5 Å². The quantitative estimate of drug-likeness (QED) is 0.286. The number of carbonyl (C=O) groups is 2. The van der Waals surface area contributed by atoms with Crippen molar-refractivity contribution in [2.75, 3.05) is 18.1 Å². The average Bonchev–Trinajstić information content (AvgIpc) is 3.26. The van der Waals surface area contributed by atoms with Crippen LogP contribution in [-0.2, 0) is 16.1 Å². The molecule has 0 spiro atoms. The Morgan fingerprint density at radius 2 is 1.88 bits per heavy atom. The highest BCUT2D eigenvalue weighted by atomic mass is 32.1. The van der Waals surface area contributed by atoms with Crippen LogP contribution in [0.15, 0.2) is 35.7 Å². The summed E-state index contributed by atoms with van der Waals surface area (Å²) in [4.78, 5) is 41.8. The number of nitrogens with zero attached hydrogens (tertiary/aromatic N) is 3. The zero-order chi connectivity index (χ0) is 24.4. The molecule has 1 aromatic heterocycles. The number of anilines is 2. The SMILES string of the molecule is CC(=O)N(c1nc(COC(=O)c2cc3c(cc2[N+](=O)[O-])OCCO3)cs1)c1ccc(C)cc1C. The maximum absolute atomic E-state index is 12.7. The molecule has 1 aliphatic heterocycles. The summed E-state index contributed by atoms with van der Waals surface area (Å²) >= 11 is 1.23. The van der Waals surface area contributed by atoms with E-state index in [2.05, 4.69) is 4.98 Å². The molecule has 2 aromatic carbocycles. The summed E-state index contributed by atoms with van der Waals surface area (Å²) < 4.78 is 16.1. The van der Waals surface area contributed by atoms with Crippen molar-refractivity contribution in [2.24, 2.45) is 0 Å². The summed E-state index contributed by atoms with van der Waals surface area (Å²) in [6.07, 6.45) is 0. The van der Waals surface area contributed by atoms with Crippen molar-refractivity contribution in [3.05, 3.63) is 68.2 Å². The van der Waals surface area contributed by atoms with Crippen LogP contribution in [0.25, 0.3) is 0 Å². The van der Waals surface area contributed by atoms with Gasteiger partial charge in [0.15, 0.2) is 16.6 Å². The van der Waals surface area contributed by atoms with E-state index in [1.54, 1.807) is 5.38 Å². The Morgan fingerprint density at radius 3 is 2.53 bits per heavy atom. The van der Waals surface area contributed by atoms with E-state index in [1.165, 1.54) is 29.2 Å². The molecular formula is C23H21N3O7S. The first kappa shape index (κ1) is 23.2. The number of rotatable bonds is 6. The minimum atomic E-state index is -0.893. The number of amides is 1. The standard InChI is InChI=1S/C23H21N3O7S/c1-13-4-5-18(14(2)8-13)25(15(3)27)23-24-16(12-34-23)11-33-22(28)17-9-20-21(32-7-6-31-20)10-19(17)26(29)30/h4-5,8-10,12H,6-7,11H2,1-3H3. The van der Waals surface area contributed by atoms with E-state index < -0.39 is 16.6 Å².